The van der Waals surface area contributed by atoms with Gasteiger partial charge in [0.15, 0.2) is 11.2 Å². The maximum atomic E-state index is 6.31. The summed E-state index contributed by atoms with van der Waals surface area (Å²) in [6, 6.07) is 49.7. The van der Waals surface area contributed by atoms with E-state index in [9.17, 15) is 0 Å². The van der Waals surface area contributed by atoms with Gasteiger partial charge in [-0.05, 0) is 73.1 Å². The van der Waals surface area contributed by atoms with Gasteiger partial charge in [-0.15, -0.1) is 0 Å². The van der Waals surface area contributed by atoms with Crippen molar-refractivity contribution in [2.75, 3.05) is 0 Å². The monoisotopic (exact) mass is 536 g/mol. The zero-order valence-corrected chi connectivity index (χ0v) is 22.7. The fourth-order valence-electron chi connectivity index (χ4n) is 6.69. The van der Waals surface area contributed by atoms with E-state index in [1.165, 1.54) is 49.4 Å². The van der Waals surface area contributed by atoms with Crippen LogP contribution < -0.4 is 0 Å². The van der Waals surface area contributed by atoms with Crippen LogP contribution in [0.4, 0.5) is 0 Å². The number of hydrogen-bond acceptors (Lipinski definition) is 2. The van der Waals surface area contributed by atoms with E-state index < -0.39 is 0 Å². The van der Waals surface area contributed by atoms with Gasteiger partial charge >= 0.3 is 0 Å². The van der Waals surface area contributed by atoms with Gasteiger partial charge in [-0.2, -0.15) is 0 Å². The number of fused-ring (bicyclic) bond motifs is 7. The fraction of sp³-hybridized carbons (Fsp3) is 0. The molecule has 9 rings (SSSR count). The predicted octanol–water partition coefficient (Wildman–Crippen LogP) is 11.6. The van der Waals surface area contributed by atoms with Crippen LogP contribution in [0.25, 0.3) is 87.8 Å². The minimum absolute atomic E-state index is 0.785. The molecule has 0 fully saturated rings. The molecule has 0 aliphatic rings. The van der Waals surface area contributed by atoms with Crippen LogP contribution in [-0.2, 0) is 0 Å². The molecule has 0 N–H and O–H groups in total. The lowest BCUT2D eigenvalue weighted by molar-refractivity contribution is 0.600. The molecule has 9 aromatic rings. The summed E-state index contributed by atoms with van der Waals surface area (Å²) in [4.78, 5) is 0. The maximum Gasteiger partial charge on any atom is 0.178 e. The van der Waals surface area contributed by atoms with Gasteiger partial charge in [0.25, 0.3) is 0 Å². The van der Waals surface area contributed by atoms with E-state index in [0.717, 1.165) is 38.5 Å². The van der Waals surface area contributed by atoms with Crippen molar-refractivity contribution >= 4 is 54.5 Å². The van der Waals surface area contributed by atoms with Crippen molar-refractivity contribution in [1.29, 1.82) is 0 Å². The molecule has 2 heterocycles. The molecule has 2 heteroatoms. The summed E-state index contributed by atoms with van der Waals surface area (Å²) in [5, 5.41) is 8.10. The van der Waals surface area contributed by atoms with Crippen LogP contribution in [0.5, 0.6) is 0 Å². The molecular formula is C40H24O2. The van der Waals surface area contributed by atoms with Crippen LogP contribution in [0.15, 0.2) is 155 Å². The average molecular weight is 537 g/mol. The third-order valence-corrected chi connectivity index (χ3v) is 8.57. The molecule has 2 nitrogen and oxygen atoms in total. The topological polar surface area (TPSA) is 26.3 Å². The van der Waals surface area contributed by atoms with Crippen LogP contribution >= 0.6 is 0 Å². The Kier molecular flexibility index (Phi) is 4.93. The third-order valence-electron chi connectivity index (χ3n) is 8.57. The van der Waals surface area contributed by atoms with E-state index >= 15 is 0 Å². The fourth-order valence-corrected chi connectivity index (χ4v) is 6.69. The molecule has 0 amide bonds. The first-order valence-electron chi connectivity index (χ1n) is 14.3. The highest BCUT2D eigenvalue weighted by molar-refractivity contribution is 6.26. The SMILES string of the molecule is c1ccc(-c2ccc(-c3c4ccccc4c(-c4cc5c6ccccc6oc5c5occc45)c4ccccc34)cc2)cc1. The lowest BCUT2D eigenvalue weighted by Gasteiger charge is -2.18. The van der Waals surface area contributed by atoms with Gasteiger partial charge < -0.3 is 8.83 Å². The van der Waals surface area contributed by atoms with Gasteiger partial charge in [0.1, 0.15) is 5.58 Å². The first kappa shape index (κ1) is 23.1. The third kappa shape index (κ3) is 3.33. The Bertz CT molecular complexity index is 2380. The normalized spacial score (nSPS) is 11.8. The molecule has 0 saturated heterocycles. The van der Waals surface area contributed by atoms with Crippen LogP contribution in [0.3, 0.4) is 0 Å². The summed E-state index contributed by atoms with van der Waals surface area (Å²) in [7, 11) is 0. The van der Waals surface area contributed by atoms with Crippen molar-refractivity contribution in [3.05, 3.63) is 146 Å². The summed E-state index contributed by atoms with van der Waals surface area (Å²) >= 11 is 0. The van der Waals surface area contributed by atoms with Gasteiger partial charge in [0, 0.05) is 16.2 Å². The number of rotatable bonds is 3. The Morgan fingerprint density at radius 2 is 0.905 bits per heavy atom. The van der Waals surface area contributed by atoms with Crippen LogP contribution in [0, 0.1) is 0 Å². The molecule has 0 aliphatic carbocycles. The quantitative estimate of drug-likeness (QED) is 0.210. The molecule has 0 atom stereocenters. The predicted molar refractivity (Wildman–Crippen MR) is 175 cm³/mol. The second kappa shape index (κ2) is 8.95. The summed E-state index contributed by atoms with van der Waals surface area (Å²) in [5.74, 6) is 0. The second-order valence-corrected chi connectivity index (χ2v) is 10.8. The number of furan rings is 2. The molecule has 0 saturated carbocycles. The largest absolute Gasteiger partial charge is 0.460 e. The highest BCUT2D eigenvalue weighted by Gasteiger charge is 2.22. The summed E-state index contributed by atoms with van der Waals surface area (Å²) in [5.41, 5.74) is 9.71. The van der Waals surface area contributed by atoms with Gasteiger partial charge in [0.2, 0.25) is 0 Å². The zero-order chi connectivity index (χ0) is 27.6. The van der Waals surface area contributed by atoms with E-state index in [1.54, 1.807) is 6.26 Å². The number of hydrogen-bond donors (Lipinski definition) is 0. The van der Waals surface area contributed by atoms with Crippen molar-refractivity contribution in [1.82, 2.24) is 0 Å². The first-order chi connectivity index (χ1) is 20.8. The van der Waals surface area contributed by atoms with Gasteiger partial charge in [0.05, 0.1) is 6.26 Å². The average Bonchev–Trinajstić information content (AvgIpc) is 3.69. The van der Waals surface area contributed by atoms with Gasteiger partial charge in [-0.3, -0.25) is 0 Å². The highest BCUT2D eigenvalue weighted by Crippen LogP contribution is 2.47. The second-order valence-electron chi connectivity index (χ2n) is 10.8. The molecule has 0 radical (unpaired) electrons. The summed E-state index contributed by atoms with van der Waals surface area (Å²) in [6.07, 6.45) is 1.77. The van der Waals surface area contributed by atoms with E-state index in [2.05, 4.69) is 127 Å². The van der Waals surface area contributed by atoms with Crippen molar-refractivity contribution in [2.24, 2.45) is 0 Å². The minimum Gasteiger partial charge on any atom is -0.460 e. The Hall–Kier alpha value is -5.60. The Morgan fingerprint density at radius 3 is 1.60 bits per heavy atom. The molecule has 0 unspecified atom stereocenters. The van der Waals surface area contributed by atoms with E-state index in [4.69, 9.17) is 8.83 Å². The maximum absolute atomic E-state index is 6.31. The van der Waals surface area contributed by atoms with Gasteiger partial charge in [-0.1, -0.05) is 121 Å². The van der Waals surface area contributed by atoms with Crippen molar-refractivity contribution in [2.45, 2.75) is 0 Å². The minimum atomic E-state index is 0.785. The smallest absolute Gasteiger partial charge is 0.178 e. The van der Waals surface area contributed by atoms with Crippen molar-refractivity contribution in [3.8, 4) is 33.4 Å². The number of benzene rings is 7. The van der Waals surface area contributed by atoms with E-state index in [1.807, 2.05) is 12.1 Å². The van der Waals surface area contributed by atoms with E-state index in [-0.39, 0.29) is 0 Å². The van der Waals surface area contributed by atoms with Gasteiger partial charge in [-0.25, -0.2) is 0 Å². The molecule has 7 aromatic carbocycles. The summed E-state index contributed by atoms with van der Waals surface area (Å²) in [6.45, 7) is 0. The van der Waals surface area contributed by atoms with Crippen LogP contribution in [-0.4, -0.2) is 0 Å². The lowest BCUT2D eigenvalue weighted by Crippen LogP contribution is -1.91. The molecule has 42 heavy (non-hydrogen) atoms. The highest BCUT2D eigenvalue weighted by atomic mass is 16.4. The standard InChI is InChI=1S/C40H24O2/c1-2-10-25(11-3-1)26-18-20-27(21-19-26)37-29-13-4-6-15-31(29)38(32-16-7-5-14-30(32)37)34-24-35-28-12-8-9-17-36(28)42-40(35)39-33(34)22-23-41-39/h1-24H. The molecule has 196 valence electrons. The Morgan fingerprint density at radius 1 is 0.357 bits per heavy atom. The van der Waals surface area contributed by atoms with E-state index in [0.29, 0.717) is 0 Å². The number of para-hydroxylation sites is 1. The Balaban J connectivity index is 1.37. The molecule has 2 aromatic heterocycles. The molecule has 0 aliphatic heterocycles. The van der Waals surface area contributed by atoms with Crippen LogP contribution in [0.2, 0.25) is 0 Å². The van der Waals surface area contributed by atoms with Crippen molar-refractivity contribution in [3.63, 3.8) is 0 Å². The summed E-state index contributed by atoms with van der Waals surface area (Å²) < 4.78 is 12.4. The van der Waals surface area contributed by atoms with Crippen LogP contribution in [0.1, 0.15) is 0 Å². The molecular weight excluding hydrogens is 512 g/mol. The molecule has 0 bridgehead atoms. The van der Waals surface area contributed by atoms with Crippen molar-refractivity contribution < 1.29 is 8.83 Å². The molecule has 0 spiro atoms. The zero-order valence-electron chi connectivity index (χ0n) is 22.7. The Labute approximate surface area is 242 Å². The lowest BCUT2D eigenvalue weighted by atomic mass is 9.84. The first-order valence-corrected chi connectivity index (χ1v) is 14.3.